The van der Waals surface area contributed by atoms with E-state index in [0.29, 0.717) is 48.4 Å². The fourth-order valence-electron chi connectivity index (χ4n) is 7.76. The third-order valence-electron chi connectivity index (χ3n) is 9.98. The highest BCUT2D eigenvalue weighted by Gasteiger charge is 2.37. The van der Waals surface area contributed by atoms with Gasteiger partial charge < -0.3 is 19.0 Å². The zero-order valence-corrected chi connectivity index (χ0v) is 31.2. The second kappa shape index (κ2) is 13.0. The maximum absolute atomic E-state index is 14.9. The van der Waals surface area contributed by atoms with Crippen molar-refractivity contribution in [2.45, 2.75) is 60.4 Å². The molecular formula is C40H39Cl2N5O4. The second-order valence-electron chi connectivity index (χ2n) is 13.6. The molecule has 11 heteroatoms. The van der Waals surface area contributed by atoms with Crippen LogP contribution in [0, 0.1) is 34.6 Å². The monoisotopic (exact) mass is 723 g/mol. The van der Waals surface area contributed by atoms with Gasteiger partial charge in [0, 0.05) is 63.5 Å². The summed E-state index contributed by atoms with van der Waals surface area (Å²) in [6.45, 7) is 12.7. The SMILES string of the molecule is Cc1nc(C)c(-c2c(Cl)ccc3c(CCCOc4cc(C)c(Cl)c(C)c4)c4n(c23)[C@H](C)CN(c2cc3cc(C(=O)O)ccc3n2C)C4=O)c(C)n1. The molecule has 9 nitrogen and oxygen atoms in total. The van der Waals surface area contributed by atoms with Gasteiger partial charge in [0.25, 0.3) is 5.91 Å². The van der Waals surface area contributed by atoms with Gasteiger partial charge >= 0.3 is 5.97 Å². The molecule has 6 aromatic rings. The summed E-state index contributed by atoms with van der Waals surface area (Å²) in [5.74, 6) is 1.01. The van der Waals surface area contributed by atoms with Crippen LogP contribution in [0.25, 0.3) is 32.9 Å². The molecular weight excluding hydrogens is 685 g/mol. The Morgan fingerprint density at radius 3 is 2.31 bits per heavy atom. The molecule has 1 aliphatic heterocycles. The van der Waals surface area contributed by atoms with Gasteiger partial charge in [-0.3, -0.25) is 9.69 Å². The molecule has 0 aliphatic carbocycles. The summed E-state index contributed by atoms with van der Waals surface area (Å²) in [5.41, 5.74) is 8.69. The summed E-state index contributed by atoms with van der Waals surface area (Å²) >= 11 is 13.5. The van der Waals surface area contributed by atoms with Gasteiger partial charge in [-0.05, 0) is 114 Å². The molecule has 1 N–H and O–H groups in total. The van der Waals surface area contributed by atoms with Crippen molar-refractivity contribution in [3.63, 3.8) is 0 Å². The Labute approximate surface area is 306 Å². The minimum atomic E-state index is -0.997. The van der Waals surface area contributed by atoms with Gasteiger partial charge in [0.15, 0.2) is 0 Å². The predicted octanol–water partition coefficient (Wildman–Crippen LogP) is 9.37. The largest absolute Gasteiger partial charge is 0.494 e. The number of halogens is 2. The number of fused-ring (bicyclic) bond motifs is 4. The van der Waals surface area contributed by atoms with E-state index in [1.807, 2.05) is 81.5 Å². The first kappa shape index (κ1) is 34.6. The molecule has 262 valence electrons. The van der Waals surface area contributed by atoms with Gasteiger partial charge in [0.2, 0.25) is 0 Å². The van der Waals surface area contributed by atoms with Crippen LogP contribution in [-0.4, -0.2) is 49.2 Å². The van der Waals surface area contributed by atoms with Crippen LogP contribution in [0.2, 0.25) is 10.0 Å². The average molecular weight is 725 g/mol. The number of benzene rings is 3. The Morgan fingerprint density at radius 1 is 0.961 bits per heavy atom. The lowest BCUT2D eigenvalue weighted by Crippen LogP contribution is -2.43. The molecule has 4 heterocycles. The normalized spacial score (nSPS) is 14.5. The van der Waals surface area contributed by atoms with Crippen molar-refractivity contribution >= 4 is 62.7 Å². The summed E-state index contributed by atoms with van der Waals surface area (Å²) in [7, 11) is 1.90. The van der Waals surface area contributed by atoms with Crippen molar-refractivity contribution in [2.75, 3.05) is 18.1 Å². The number of aromatic carboxylic acids is 1. The van der Waals surface area contributed by atoms with Crippen LogP contribution < -0.4 is 9.64 Å². The number of aromatic nitrogens is 4. The first-order chi connectivity index (χ1) is 24.3. The average Bonchev–Trinajstić information content (AvgIpc) is 3.58. The summed E-state index contributed by atoms with van der Waals surface area (Å²) < 4.78 is 10.3. The molecule has 3 aromatic carbocycles. The summed E-state index contributed by atoms with van der Waals surface area (Å²) in [5, 5.41) is 12.6. The number of carboxylic acid groups (broad SMARTS) is 1. The molecule has 3 aromatic heterocycles. The van der Waals surface area contributed by atoms with Crippen molar-refractivity contribution in [1.29, 1.82) is 0 Å². The Hall–Kier alpha value is -4.86. The molecule has 0 bridgehead atoms. The highest BCUT2D eigenvalue weighted by atomic mass is 35.5. The smallest absolute Gasteiger partial charge is 0.335 e. The van der Waals surface area contributed by atoms with Gasteiger partial charge in [-0.1, -0.05) is 29.3 Å². The zero-order valence-electron chi connectivity index (χ0n) is 29.7. The Balaban J connectivity index is 1.37. The van der Waals surface area contributed by atoms with Gasteiger partial charge in [-0.2, -0.15) is 0 Å². The van der Waals surface area contributed by atoms with Crippen molar-refractivity contribution in [3.05, 3.63) is 104 Å². The molecule has 0 saturated heterocycles. The number of amides is 1. The highest BCUT2D eigenvalue weighted by molar-refractivity contribution is 6.35. The van der Waals surface area contributed by atoms with Crippen molar-refractivity contribution in [1.82, 2.24) is 19.1 Å². The summed E-state index contributed by atoms with van der Waals surface area (Å²) in [6.07, 6.45) is 1.24. The third-order valence-corrected chi connectivity index (χ3v) is 10.9. The number of hydrogen-bond donors (Lipinski definition) is 1. The van der Waals surface area contributed by atoms with E-state index in [-0.39, 0.29) is 17.5 Å². The van der Waals surface area contributed by atoms with Crippen LogP contribution in [-0.2, 0) is 13.5 Å². The van der Waals surface area contributed by atoms with Crippen LogP contribution in [0.1, 0.15) is 74.1 Å². The molecule has 51 heavy (non-hydrogen) atoms. The van der Waals surface area contributed by atoms with E-state index in [0.717, 1.165) is 71.8 Å². The lowest BCUT2D eigenvalue weighted by atomic mass is 9.97. The molecule has 1 aliphatic rings. The quantitative estimate of drug-likeness (QED) is 0.157. The topological polar surface area (TPSA) is 102 Å². The number of nitrogens with zero attached hydrogens (tertiary/aromatic N) is 5. The van der Waals surface area contributed by atoms with Crippen molar-refractivity contribution in [2.24, 2.45) is 7.05 Å². The predicted molar refractivity (Wildman–Crippen MR) is 203 cm³/mol. The van der Waals surface area contributed by atoms with Gasteiger partial charge in [-0.25, -0.2) is 14.8 Å². The number of carbonyl (C=O) groups excluding carboxylic acids is 1. The van der Waals surface area contributed by atoms with Gasteiger partial charge in [-0.15, -0.1) is 0 Å². The van der Waals surface area contributed by atoms with Crippen LogP contribution in [0.15, 0.2) is 48.5 Å². The summed E-state index contributed by atoms with van der Waals surface area (Å²) in [4.78, 5) is 37.9. The molecule has 7 rings (SSSR count). The number of ether oxygens (including phenoxy) is 1. The van der Waals surface area contributed by atoms with Crippen molar-refractivity contribution < 1.29 is 19.4 Å². The molecule has 0 unspecified atom stereocenters. The van der Waals surface area contributed by atoms with E-state index in [1.54, 1.807) is 18.2 Å². The first-order valence-electron chi connectivity index (χ1n) is 17.0. The molecule has 1 amide bonds. The zero-order chi connectivity index (χ0) is 36.5. The Morgan fingerprint density at radius 2 is 1.65 bits per heavy atom. The van der Waals surface area contributed by atoms with E-state index >= 15 is 0 Å². The maximum Gasteiger partial charge on any atom is 0.335 e. The number of carboxylic acids is 1. The first-order valence-corrected chi connectivity index (χ1v) is 17.7. The number of rotatable bonds is 8. The molecule has 0 spiro atoms. The fraction of sp³-hybridized carbons (Fsp3) is 0.300. The highest BCUT2D eigenvalue weighted by Crippen LogP contribution is 2.45. The van der Waals surface area contributed by atoms with Gasteiger partial charge in [0.1, 0.15) is 23.1 Å². The van der Waals surface area contributed by atoms with E-state index < -0.39 is 5.97 Å². The second-order valence-corrected chi connectivity index (χ2v) is 14.3. The van der Waals surface area contributed by atoms with Crippen LogP contribution in [0.5, 0.6) is 5.75 Å². The Bertz CT molecular complexity index is 2380. The fourth-order valence-corrected chi connectivity index (χ4v) is 8.12. The minimum absolute atomic E-state index is 0.135. The number of anilines is 1. The van der Waals surface area contributed by atoms with Crippen molar-refractivity contribution in [3.8, 4) is 16.9 Å². The van der Waals surface area contributed by atoms with Crippen LogP contribution >= 0.6 is 23.2 Å². The molecule has 1 atom stereocenters. The molecule has 0 radical (unpaired) electrons. The van der Waals surface area contributed by atoms with Crippen LogP contribution in [0.3, 0.4) is 0 Å². The lowest BCUT2D eigenvalue weighted by Gasteiger charge is -2.34. The van der Waals surface area contributed by atoms with Gasteiger partial charge in [0.05, 0.1) is 22.7 Å². The maximum atomic E-state index is 14.9. The standard InChI is InChI=1S/C40H39Cl2N5O4/c1-20-15-28(16-21(2)36(20)42)51-14-8-9-29-30-11-12-31(41)35(34-23(4)43-25(6)44-24(34)5)37(30)47-22(3)19-46(39(48)38(29)47)33-18-27-17-26(40(49)50)10-13-32(27)45(33)7/h10-13,15-18,22H,8-9,14,19H2,1-7H3,(H,49,50)/t22-/m1/s1. The number of aryl methyl sites for hydroxylation is 7. The molecule has 0 saturated carbocycles. The number of carbonyl (C=O) groups is 2. The third kappa shape index (κ3) is 5.82. The Kier molecular flexibility index (Phi) is 8.84. The van der Waals surface area contributed by atoms with E-state index in [1.165, 1.54) is 0 Å². The van der Waals surface area contributed by atoms with Crippen LogP contribution in [0.4, 0.5) is 5.82 Å². The number of hydrogen-bond acceptors (Lipinski definition) is 5. The van der Waals surface area contributed by atoms with E-state index in [4.69, 9.17) is 37.9 Å². The summed E-state index contributed by atoms with van der Waals surface area (Å²) in [6, 6.07) is 14.6. The van der Waals surface area contributed by atoms with E-state index in [9.17, 15) is 14.7 Å². The lowest BCUT2D eigenvalue weighted by molar-refractivity contribution is 0.0696. The van der Waals surface area contributed by atoms with E-state index in [2.05, 4.69) is 11.5 Å². The molecule has 0 fully saturated rings. The minimum Gasteiger partial charge on any atom is -0.494 e.